The van der Waals surface area contributed by atoms with E-state index in [4.69, 9.17) is 14.2 Å². The fourth-order valence-electron chi connectivity index (χ4n) is 3.50. The normalized spacial score (nSPS) is 31.3. The van der Waals surface area contributed by atoms with Gasteiger partial charge in [-0.25, -0.2) is 0 Å². The standard InChI is InChI=1S/C14H27NO4/c1-11(2)6-14(7-12(3,4)15-11)18-9-13(8-16,17-5)10-19-14/h15-16H,6-10H2,1-5H3. The summed E-state index contributed by atoms with van der Waals surface area (Å²) in [6.07, 6.45) is 1.57. The van der Waals surface area contributed by atoms with Crippen LogP contribution in [0, 0.1) is 0 Å². The molecule has 2 rings (SSSR count). The van der Waals surface area contributed by atoms with Crippen molar-refractivity contribution in [2.24, 2.45) is 0 Å². The summed E-state index contributed by atoms with van der Waals surface area (Å²) < 4.78 is 17.4. The maximum atomic E-state index is 9.44. The zero-order valence-corrected chi connectivity index (χ0v) is 12.7. The Morgan fingerprint density at radius 3 is 1.89 bits per heavy atom. The Morgan fingerprint density at radius 2 is 1.53 bits per heavy atom. The highest BCUT2D eigenvalue weighted by Crippen LogP contribution is 2.42. The summed E-state index contributed by atoms with van der Waals surface area (Å²) in [6, 6.07) is 0. The summed E-state index contributed by atoms with van der Waals surface area (Å²) in [5, 5.41) is 13.0. The fraction of sp³-hybridized carbons (Fsp3) is 1.00. The van der Waals surface area contributed by atoms with Gasteiger partial charge in [-0.05, 0) is 27.7 Å². The summed E-state index contributed by atoms with van der Waals surface area (Å²) in [5.74, 6) is -0.574. The van der Waals surface area contributed by atoms with Gasteiger partial charge in [0.2, 0.25) is 0 Å². The third-order valence-corrected chi connectivity index (χ3v) is 4.02. The lowest BCUT2D eigenvalue weighted by Crippen LogP contribution is -2.68. The van der Waals surface area contributed by atoms with Gasteiger partial charge >= 0.3 is 0 Å². The minimum atomic E-state index is -0.718. The van der Waals surface area contributed by atoms with Crippen molar-refractivity contribution in [1.29, 1.82) is 0 Å². The van der Waals surface area contributed by atoms with Crippen LogP contribution in [0.25, 0.3) is 0 Å². The van der Waals surface area contributed by atoms with E-state index in [1.54, 1.807) is 7.11 Å². The van der Waals surface area contributed by atoms with Gasteiger partial charge in [0.25, 0.3) is 0 Å². The van der Waals surface area contributed by atoms with Crippen molar-refractivity contribution >= 4 is 0 Å². The van der Waals surface area contributed by atoms with E-state index in [9.17, 15) is 5.11 Å². The highest BCUT2D eigenvalue weighted by Gasteiger charge is 2.53. The first-order chi connectivity index (χ1) is 8.66. The molecule has 1 spiro atoms. The van der Waals surface area contributed by atoms with Crippen molar-refractivity contribution in [2.75, 3.05) is 26.9 Å². The average Bonchev–Trinajstić information content (AvgIpc) is 2.26. The molecule has 0 radical (unpaired) electrons. The van der Waals surface area contributed by atoms with Gasteiger partial charge < -0.3 is 24.6 Å². The molecule has 112 valence electrons. The summed E-state index contributed by atoms with van der Waals surface area (Å²) in [4.78, 5) is 0. The summed E-state index contributed by atoms with van der Waals surface area (Å²) in [6.45, 7) is 9.28. The maximum absolute atomic E-state index is 9.44. The molecule has 2 saturated heterocycles. The Balaban J connectivity index is 2.13. The van der Waals surface area contributed by atoms with Crippen LogP contribution in [0.1, 0.15) is 40.5 Å². The monoisotopic (exact) mass is 273 g/mol. The zero-order valence-electron chi connectivity index (χ0n) is 12.7. The van der Waals surface area contributed by atoms with Crippen LogP contribution in [0.3, 0.4) is 0 Å². The average molecular weight is 273 g/mol. The molecule has 0 aromatic carbocycles. The molecule has 2 N–H and O–H groups in total. The fourth-order valence-corrected chi connectivity index (χ4v) is 3.50. The van der Waals surface area contributed by atoms with E-state index in [2.05, 4.69) is 33.0 Å². The minimum absolute atomic E-state index is 0.0476. The van der Waals surface area contributed by atoms with Gasteiger partial charge in [-0.2, -0.15) is 0 Å². The maximum Gasteiger partial charge on any atom is 0.172 e. The SMILES string of the molecule is COC1(CO)COC2(CC(C)(C)NC(C)(C)C2)OC1. The van der Waals surface area contributed by atoms with E-state index in [-0.39, 0.29) is 17.7 Å². The van der Waals surface area contributed by atoms with E-state index in [0.29, 0.717) is 13.2 Å². The second kappa shape index (κ2) is 4.67. The third kappa shape index (κ3) is 3.11. The molecule has 19 heavy (non-hydrogen) atoms. The van der Waals surface area contributed by atoms with E-state index >= 15 is 0 Å². The predicted molar refractivity (Wildman–Crippen MR) is 72.0 cm³/mol. The van der Waals surface area contributed by atoms with Crippen LogP contribution >= 0.6 is 0 Å². The molecular weight excluding hydrogens is 246 g/mol. The van der Waals surface area contributed by atoms with E-state index in [0.717, 1.165) is 12.8 Å². The summed E-state index contributed by atoms with van der Waals surface area (Å²) in [5.41, 5.74) is -0.813. The molecule has 5 heteroatoms. The highest BCUT2D eigenvalue weighted by atomic mass is 16.7. The molecule has 2 aliphatic rings. The van der Waals surface area contributed by atoms with Gasteiger partial charge in [0, 0.05) is 31.0 Å². The molecule has 2 aliphatic heterocycles. The summed E-state index contributed by atoms with van der Waals surface area (Å²) >= 11 is 0. The number of rotatable bonds is 2. The van der Waals surface area contributed by atoms with Crippen LogP contribution in [-0.4, -0.2) is 54.5 Å². The van der Waals surface area contributed by atoms with Crippen LogP contribution < -0.4 is 5.32 Å². The molecule has 0 aromatic heterocycles. The number of aliphatic hydroxyl groups is 1. The lowest BCUT2D eigenvalue weighted by atomic mass is 9.78. The van der Waals surface area contributed by atoms with Crippen molar-refractivity contribution in [3.63, 3.8) is 0 Å². The van der Waals surface area contributed by atoms with E-state index < -0.39 is 11.4 Å². The first-order valence-corrected chi connectivity index (χ1v) is 6.89. The van der Waals surface area contributed by atoms with Gasteiger partial charge in [0.05, 0.1) is 19.8 Å². The Labute approximate surface area is 115 Å². The van der Waals surface area contributed by atoms with Crippen LogP contribution in [-0.2, 0) is 14.2 Å². The van der Waals surface area contributed by atoms with Gasteiger partial charge in [0.1, 0.15) is 5.60 Å². The molecule has 0 unspecified atom stereocenters. The Kier molecular flexibility index (Phi) is 3.73. The van der Waals surface area contributed by atoms with Gasteiger partial charge in [0.15, 0.2) is 5.79 Å². The van der Waals surface area contributed by atoms with E-state index in [1.807, 2.05) is 0 Å². The number of ether oxygens (including phenoxy) is 3. The quantitative estimate of drug-likeness (QED) is 0.787. The van der Waals surface area contributed by atoms with E-state index in [1.165, 1.54) is 0 Å². The van der Waals surface area contributed by atoms with Gasteiger partial charge in [-0.1, -0.05) is 0 Å². The molecule has 0 bridgehead atoms. The van der Waals surface area contributed by atoms with Crippen LogP contribution in [0.2, 0.25) is 0 Å². The van der Waals surface area contributed by atoms with Crippen LogP contribution in [0.15, 0.2) is 0 Å². The first-order valence-electron chi connectivity index (χ1n) is 6.89. The van der Waals surface area contributed by atoms with Crippen molar-refractivity contribution in [3.8, 4) is 0 Å². The molecular formula is C14H27NO4. The molecule has 5 nitrogen and oxygen atoms in total. The van der Waals surface area contributed by atoms with Crippen molar-refractivity contribution in [1.82, 2.24) is 5.32 Å². The lowest BCUT2D eigenvalue weighted by Gasteiger charge is -2.55. The van der Waals surface area contributed by atoms with Gasteiger partial charge in [-0.15, -0.1) is 0 Å². The third-order valence-electron chi connectivity index (χ3n) is 4.02. The van der Waals surface area contributed by atoms with Crippen molar-refractivity contribution < 1.29 is 19.3 Å². The predicted octanol–water partition coefficient (Wildman–Crippen LogP) is 1.05. The number of hydrogen-bond acceptors (Lipinski definition) is 5. The first kappa shape index (κ1) is 15.2. The Bertz CT molecular complexity index is 308. The number of hydrogen-bond donors (Lipinski definition) is 2. The topological polar surface area (TPSA) is 60.0 Å². The molecule has 2 heterocycles. The molecule has 0 aromatic rings. The highest BCUT2D eigenvalue weighted by molar-refractivity contribution is 5.03. The summed E-state index contributed by atoms with van der Waals surface area (Å²) in [7, 11) is 1.58. The number of nitrogens with one attached hydrogen (secondary N) is 1. The second-order valence-electron chi connectivity index (χ2n) is 7.28. The van der Waals surface area contributed by atoms with Crippen molar-refractivity contribution in [2.45, 2.75) is 63.0 Å². The number of aliphatic hydroxyl groups excluding tert-OH is 1. The Hall–Kier alpha value is -0.200. The zero-order chi connectivity index (χ0) is 14.4. The van der Waals surface area contributed by atoms with Crippen LogP contribution in [0.5, 0.6) is 0 Å². The second-order valence-corrected chi connectivity index (χ2v) is 7.28. The molecule has 0 aliphatic carbocycles. The molecule has 0 atom stereocenters. The Morgan fingerprint density at radius 1 is 1.05 bits per heavy atom. The molecule has 2 fully saturated rings. The largest absolute Gasteiger partial charge is 0.393 e. The number of methoxy groups -OCH3 is 1. The lowest BCUT2D eigenvalue weighted by molar-refractivity contribution is -0.346. The molecule has 0 saturated carbocycles. The van der Waals surface area contributed by atoms with Crippen LogP contribution in [0.4, 0.5) is 0 Å². The smallest absolute Gasteiger partial charge is 0.172 e. The van der Waals surface area contributed by atoms with Crippen molar-refractivity contribution in [3.05, 3.63) is 0 Å². The van der Waals surface area contributed by atoms with Gasteiger partial charge in [-0.3, -0.25) is 0 Å². The number of piperidine rings is 1. The molecule has 0 amide bonds. The minimum Gasteiger partial charge on any atom is -0.393 e.